The van der Waals surface area contributed by atoms with Crippen LogP contribution in [0.25, 0.3) is 0 Å². The maximum absolute atomic E-state index is 12.1. The van der Waals surface area contributed by atoms with Crippen molar-refractivity contribution in [2.45, 2.75) is 52.2 Å². The van der Waals surface area contributed by atoms with Crippen LogP contribution in [0.3, 0.4) is 0 Å². The van der Waals surface area contributed by atoms with Gasteiger partial charge in [-0.2, -0.15) is 5.10 Å². The molecule has 1 fully saturated rings. The molecular formula is C14H22N2O2. The zero-order chi connectivity index (χ0) is 13.1. The molecule has 2 rings (SSSR count). The minimum atomic E-state index is 0.0544. The van der Waals surface area contributed by atoms with Gasteiger partial charge in [0.25, 0.3) is 0 Å². The lowest BCUT2D eigenvalue weighted by Gasteiger charge is -2.12. The predicted molar refractivity (Wildman–Crippen MR) is 69.5 cm³/mol. The predicted octanol–water partition coefficient (Wildman–Crippen LogP) is 2.39. The van der Waals surface area contributed by atoms with Crippen LogP contribution in [0.4, 0.5) is 0 Å². The lowest BCUT2D eigenvalue weighted by Crippen LogP contribution is -2.23. The zero-order valence-corrected chi connectivity index (χ0v) is 11.4. The van der Waals surface area contributed by atoms with Crippen LogP contribution in [0.5, 0.6) is 0 Å². The number of nitrogens with zero attached hydrogens (tertiary/aromatic N) is 2. The van der Waals surface area contributed by atoms with E-state index in [1.54, 1.807) is 0 Å². The topological polar surface area (TPSA) is 44.1 Å². The first-order chi connectivity index (χ1) is 8.61. The lowest BCUT2D eigenvalue weighted by atomic mass is 9.94. The van der Waals surface area contributed by atoms with Gasteiger partial charge in [-0.3, -0.25) is 9.48 Å². The Balaban J connectivity index is 1.97. The molecule has 0 aliphatic carbocycles. The van der Waals surface area contributed by atoms with E-state index in [9.17, 15) is 4.79 Å². The van der Waals surface area contributed by atoms with Gasteiger partial charge in [-0.15, -0.1) is 0 Å². The third kappa shape index (κ3) is 2.80. The Labute approximate surface area is 108 Å². The third-order valence-electron chi connectivity index (χ3n) is 3.85. The van der Waals surface area contributed by atoms with Gasteiger partial charge in [-0.05, 0) is 32.8 Å². The molecule has 100 valence electrons. The Kier molecular flexibility index (Phi) is 4.17. The van der Waals surface area contributed by atoms with Crippen molar-refractivity contribution in [1.82, 2.24) is 9.78 Å². The normalized spacial score (nSPS) is 25.3. The van der Waals surface area contributed by atoms with Crippen LogP contribution in [0.2, 0.25) is 0 Å². The first-order valence-corrected chi connectivity index (χ1v) is 6.80. The number of hydrogen-bond donors (Lipinski definition) is 0. The van der Waals surface area contributed by atoms with Crippen molar-refractivity contribution in [3.63, 3.8) is 0 Å². The molecule has 3 unspecified atom stereocenters. The first kappa shape index (κ1) is 13.3. The monoisotopic (exact) mass is 250 g/mol. The number of ketones is 1. The summed E-state index contributed by atoms with van der Waals surface area (Å²) in [5.74, 6) is 0.313. The van der Waals surface area contributed by atoms with E-state index in [0.717, 1.165) is 18.5 Å². The van der Waals surface area contributed by atoms with Gasteiger partial charge in [0, 0.05) is 24.8 Å². The highest BCUT2D eigenvalue weighted by molar-refractivity contribution is 5.83. The molecule has 0 N–H and O–H groups in total. The maximum Gasteiger partial charge on any atom is 0.144 e. The Hall–Kier alpha value is -1.16. The third-order valence-corrected chi connectivity index (χ3v) is 3.85. The van der Waals surface area contributed by atoms with E-state index in [-0.39, 0.29) is 17.8 Å². The molecule has 0 saturated carbocycles. The van der Waals surface area contributed by atoms with Crippen molar-refractivity contribution < 1.29 is 9.53 Å². The summed E-state index contributed by atoms with van der Waals surface area (Å²) >= 11 is 0. The molecule has 0 radical (unpaired) electrons. The van der Waals surface area contributed by atoms with E-state index in [2.05, 4.69) is 18.9 Å². The van der Waals surface area contributed by atoms with E-state index >= 15 is 0 Å². The molecular weight excluding hydrogens is 228 g/mol. The molecule has 1 saturated heterocycles. The summed E-state index contributed by atoms with van der Waals surface area (Å²) in [7, 11) is 0. The van der Waals surface area contributed by atoms with Gasteiger partial charge in [0.2, 0.25) is 0 Å². The highest BCUT2D eigenvalue weighted by atomic mass is 16.5. The summed E-state index contributed by atoms with van der Waals surface area (Å²) in [6, 6.07) is 2.34. The largest absolute Gasteiger partial charge is 0.378 e. The summed E-state index contributed by atoms with van der Waals surface area (Å²) in [6.45, 7) is 6.95. The summed E-state index contributed by atoms with van der Waals surface area (Å²) in [4.78, 5) is 12.1. The molecule has 0 aromatic carbocycles. The number of aromatic nitrogens is 2. The molecule has 0 bridgehead atoms. The Morgan fingerprint density at radius 2 is 2.44 bits per heavy atom. The van der Waals surface area contributed by atoms with Crippen LogP contribution in [0.15, 0.2) is 12.3 Å². The van der Waals surface area contributed by atoms with Crippen LogP contribution >= 0.6 is 0 Å². The molecule has 1 aromatic rings. The molecule has 4 nitrogen and oxygen atoms in total. The quantitative estimate of drug-likeness (QED) is 0.806. The zero-order valence-electron chi connectivity index (χ0n) is 11.4. The SMILES string of the molecule is CCC(C)n1ccc(CC(=O)C2CCOC2C)n1. The molecule has 0 amide bonds. The Morgan fingerprint density at radius 3 is 3.06 bits per heavy atom. The van der Waals surface area contributed by atoms with Crippen LogP contribution < -0.4 is 0 Å². The van der Waals surface area contributed by atoms with Gasteiger partial charge in [0.15, 0.2) is 0 Å². The number of carbonyl (C=O) groups excluding carboxylic acids is 1. The van der Waals surface area contributed by atoms with Gasteiger partial charge in [-0.1, -0.05) is 6.92 Å². The molecule has 0 spiro atoms. The van der Waals surface area contributed by atoms with Crippen LogP contribution in [0, 0.1) is 5.92 Å². The molecule has 1 aliphatic heterocycles. The van der Waals surface area contributed by atoms with Crippen molar-refractivity contribution in [1.29, 1.82) is 0 Å². The van der Waals surface area contributed by atoms with Gasteiger partial charge < -0.3 is 4.74 Å². The van der Waals surface area contributed by atoms with Crippen LogP contribution in [-0.2, 0) is 16.0 Å². The van der Waals surface area contributed by atoms with Crippen molar-refractivity contribution in [2.75, 3.05) is 6.61 Å². The van der Waals surface area contributed by atoms with E-state index in [1.165, 1.54) is 0 Å². The van der Waals surface area contributed by atoms with Crippen molar-refractivity contribution in [3.8, 4) is 0 Å². The number of carbonyl (C=O) groups is 1. The second-order valence-electron chi connectivity index (χ2n) is 5.16. The fourth-order valence-electron chi connectivity index (χ4n) is 2.37. The molecule has 1 aliphatic rings. The molecule has 4 heteroatoms. The smallest absolute Gasteiger partial charge is 0.144 e. The standard InChI is InChI=1S/C14H22N2O2/c1-4-10(2)16-7-5-12(15-16)9-14(17)13-6-8-18-11(13)3/h5,7,10-11,13H,4,6,8-9H2,1-3H3. The second-order valence-corrected chi connectivity index (χ2v) is 5.16. The van der Waals surface area contributed by atoms with Crippen LogP contribution in [-0.4, -0.2) is 28.3 Å². The van der Waals surface area contributed by atoms with Crippen LogP contribution in [0.1, 0.15) is 45.3 Å². The molecule has 2 heterocycles. The van der Waals surface area contributed by atoms with Gasteiger partial charge >= 0.3 is 0 Å². The summed E-state index contributed by atoms with van der Waals surface area (Å²) in [5.41, 5.74) is 0.874. The average molecular weight is 250 g/mol. The minimum absolute atomic E-state index is 0.0544. The van der Waals surface area contributed by atoms with Gasteiger partial charge in [0.1, 0.15) is 5.78 Å². The van der Waals surface area contributed by atoms with E-state index in [4.69, 9.17) is 4.74 Å². The number of ether oxygens (including phenoxy) is 1. The van der Waals surface area contributed by atoms with E-state index in [1.807, 2.05) is 23.9 Å². The molecule has 1 aromatic heterocycles. The van der Waals surface area contributed by atoms with E-state index < -0.39 is 0 Å². The first-order valence-electron chi connectivity index (χ1n) is 6.80. The number of rotatable bonds is 5. The fourth-order valence-corrected chi connectivity index (χ4v) is 2.37. The Morgan fingerprint density at radius 1 is 1.67 bits per heavy atom. The number of hydrogen-bond acceptors (Lipinski definition) is 3. The molecule has 3 atom stereocenters. The van der Waals surface area contributed by atoms with Gasteiger partial charge in [-0.25, -0.2) is 0 Å². The highest BCUT2D eigenvalue weighted by Crippen LogP contribution is 2.22. The lowest BCUT2D eigenvalue weighted by molar-refractivity contribution is -0.123. The summed E-state index contributed by atoms with van der Waals surface area (Å²) < 4.78 is 7.38. The minimum Gasteiger partial charge on any atom is -0.378 e. The van der Waals surface area contributed by atoms with Gasteiger partial charge in [0.05, 0.1) is 18.2 Å². The molecule has 18 heavy (non-hydrogen) atoms. The van der Waals surface area contributed by atoms with Crippen molar-refractivity contribution in [3.05, 3.63) is 18.0 Å². The second kappa shape index (κ2) is 5.65. The summed E-state index contributed by atoms with van der Waals surface area (Å²) in [6.07, 6.45) is 4.36. The fraction of sp³-hybridized carbons (Fsp3) is 0.714. The Bertz CT molecular complexity index is 414. The number of Topliss-reactive ketones (excluding diaryl/α,β-unsaturated/α-hetero) is 1. The van der Waals surface area contributed by atoms with Crippen molar-refractivity contribution >= 4 is 5.78 Å². The maximum atomic E-state index is 12.1. The highest BCUT2D eigenvalue weighted by Gasteiger charge is 2.30. The van der Waals surface area contributed by atoms with E-state index in [0.29, 0.717) is 19.1 Å². The summed E-state index contributed by atoms with van der Waals surface area (Å²) in [5, 5.41) is 4.47. The average Bonchev–Trinajstić information content (AvgIpc) is 2.97. The van der Waals surface area contributed by atoms with Crippen molar-refractivity contribution in [2.24, 2.45) is 5.92 Å².